The van der Waals surface area contributed by atoms with Gasteiger partial charge in [-0.2, -0.15) is 0 Å². The van der Waals surface area contributed by atoms with Gasteiger partial charge in [-0.15, -0.1) is 0 Å². The Morgan fingerprint density at radius 2 is 1.80 bits per heavy atom. The van der Waals surface area contributed by atoms with E-state index in [1.54, 1.807) is 6.07 Å². The Balaban J connectivity index is 1.98. The molecule has 0 bridgehead atoms. The third-order valence-electron chi connectivity index (χ3n) is 3.63. The topological polar surface area (TPSA) is 53.2 Å². The molecule has 1 aromatic carbocycles. The van der Waals surface area contributed by atoms with Gasteiger partial charge in [0.15, 0.2) is 0 Å². The smallest absolute Gasteiger partial charge is 0.255 e. The van der Waals surface area contributed by atoms with Crippen LogP contribution < -0.4 is 5.56 Å². The average Bonchev–Trinajstić information content (AvgIpc) is 3.02. The molecule has 3 rings (SSSR count). The monoisotopic (exact) mass is 268 g/mol. The summed E-state index contributed by atoms with van der Waals surface area (Å²) in [6.07, 6.45) is 3.62. The molecule has 0 atom stereocenters. The standard InChI is InChI=1S/C16H16N2O2/c19-15-14(12-6-2-1-3-7-12)10-13(11-17-15)16(20)18-8-4-5-9-18/h1-3,6-7,10-11H,4-5,8-9H2,(H,17,19). The normalized spacial score (nSPS) is 14.5. The van der Waals surface area contributed by atoms with Gasteiger partial charge in [0.25, 0.3) is 11.5 Å². The van der Waals surface area contributed by atoms with Crippen molar-refractivity contribution in [3.63, 3.8) is 0 Å². The molecule has 2 heterocycles. The number of carbonyl (C=O) groups is 1. The van der Waals surface area contributed by atoms with Crippen LogP contribution in [0.5, 0.6) is 0 Å². The first kappa shape index (κ1) is 12.7. The molecule has 1 amide bonds. The van der Waals surface area contributed by atoms with Gasteiger partial charge in [0.2, 0.25) is 0 Å². The number of amides is 1. The van der Waals surface area contributed by atoms with Crippen LogP contribution in [0.15, 0.2) is 47.4 Å². The molecule has 4 heteroatoms. The van der Waals surface area contributed by atoms with E-state index in [9.17, 15) is 9.59 Å². The lowest BCUT2D eigenvalue weighted by Gasteiger charge is -2.15. The summed E-state index contributed by atoms with van der Waals surface area (Å²) in [5.41, 5.74) is 1.74. The van der Waals surface area contributed by atoms with Crippen molar-refractivity contribution in [2.45, 2.75) is 12.8 Å². The van der Waals surface area contributed by atoms with Gasteiger partial charge in [-0.25, -0.2) is 0 Å². The van der Waals surface area contributed by atoms with Crippen molar-refractivity contribution >= 4 is 5.91 Å². The zero-order valence-corrected chi connectivity index (χ0v) is 11.1. The molecule has 1 aromatic heterocycles. The number of carbonyl (C=O) groups excluding carboxylic acids is 1. The Hall–Kier alpha value is -2.36. The lowest BCUT2D eigenvalue weighted by Crippen LogP contribution is -2.28. The summed E-state index contributed by atoms with van der Waals surface area (Å²) in [4.78, 5) is 28.8. The molecule has 0 saturated carbocycles. The second kappa shape index (κ2) is 5.33. The molecule has 0 radical (unpaired) electrons. The molecule has 1 aliphatic heterocycles. The summed E-state index contributed by atoms with van der Waals surface area (Å²) in [5, 5.41) is 0. The van der Waals surface area contributed by atoms with Gasteiger partial charge >= 0.3 is 0 Å². The molecule has 2 aromatic rings. The summed E-state index contributed by atoms with van der Waals surface area (Å²) >= 11 is 0. The van der Waals surface area contributed by atoms with Gasteiger partial charge in [0, 0.05) is 24.8 Å². The van der Waals surface area contributed by atoms with Crippen LogP contribution in [-0.2, 0) is 0 Å². The summed E-state index contributed by atoms with van der Waals surface area (Å²) in [6, 6.07) is 11.1. The summed E-state index contributed by atoms with van der Waals surface area (Å²) in [6.45, 7) is 1.61. The first-order valence-corrected chi connectivity index (χ1v) is 6.83. The Morgan fingerprint density at radius 3 is 2.50 bits per heavy atom. The van der Waals surface area contributed by atoms with E-state index in [-0.39, 0.29) is 11.5 Å². The van der Waals surface area contributed by atoms with E-state index in [1.807, 2.05) is 35.2 Å². The molecule has 1 saturated heterocycles. The quantitative estimate of drug-likeness (QED) is 0.908. The number of benzene rings is 1. The number of hydrogen-bond acceptors (Lipinski definition) is 2. The second-order valence-electron chi connectivity index (χ2n) is 5.00. The Kier molecular flexibility index (Phi) is 3.37. The molecule has 20 heavy (non-hydrogen) atoms. The molecule has 1 N–H and O–H groups in total. The molecule has 102 valence electrons. The molecule has 1 fully saturated rings. The highest BCUT2D eigenvalue weighted by Crippen LogP contribution is 2.18. The number of likely N-dealkylation sites (tertiary alicyclic amines) is 1. The van der Waals surface area contributed by atoms with Crippen LogP contribution in [0.2, 0.25) is 0 Å². The van der Waals surface area contributed by atoms with E-state index >= 15 is 0 Å². The van der Waals surface area contributed by atoms with Crippen molar-refractivity contribution < 1.29 is 4.79 Å². The predicted octanol–water partition coefficient (Wildman–Crippen LogP) is 2.28. The van der Waals surface area contributed by atoms with Crippen molar-refractivity contribution in [1.29, 1.82) is 0 Å². The third-order valence-corrected chi connectivity index (χ3v) is 3.63. The van der Waals surface area contributed by atoms with Crippen LogP contribution in [0.25, 0.3) is 11.1 Å². The molecule has 1 aliphatic rings. The molecular formula is C16H16N2O2. The minimum atomic E-state index is -0.172. The van der Waals surface area contributed by atoms with Crippen LogP contribution in [0.4, 0.5) is 0 Å². The van der Waals surface area contributed by atoms with Gasteiger partial charge in [-0.1, -0.05) is 30.3 Å². The number of pyridine rings is 1. The minimum absolute atomic E-state index is 0.00377. The first-order chi connectivity index (χ1) is 9.75. The van der Waals surface area contributed by atoms with Crippen molar-refractivity contribution in [1.82, 2.24) is 9.88 Å². The van der Waals surface area contributed by atoms with Gasteiger partial charge < -0.3 is 9.88 Å². The SMILES string of the molecule is O=C(c1c[nH]c(=O)c(-c2ccccc2)c1)N1CCCC1. The largest absolute Gasteiger partial charge is 0.339 e. The Labute approximate surface area is 117 Å². The maximum absolute atomic E-state index is 12.3. The van der Waals surface area contributed by atoms with Gasteiger partial charge in [-0.05, 0) is 24.5 Å². The fraction of sp³-hybridized carbons (Fsp3) is 0.250. The van der Waals surface area contributed by atoms with Crippen molar-refractivity contribution in [2.75, 3.05) is 13.1 Å². The summed E-state index contributed by atoms with van der Waals surface area (Å²) in [5.74, 6) is -0.00377. The highest BCUT2D eigenvalue weighted by molar-refractivity contribution is 5.95. The van der Waals surface area contributed by atoms with E-state index in [0.717, 1.165) is 31.5 Å². The third kappa shape index (κ3) is 2.37. The van der Waals surface area contributed by atoms with E-state index in [4.69, 9.17) is 0 Å². The number of H-pyrrole nitrogens is 1. The van der Waals surface area contributed by atoms with Gasteiger partial charge in [-0.3, -0.25) is 9.59 Å². The number of aromatic nitrogens is 1. The number of aromatic amines is 1. The van der Waals surface area contributed by atoms with Gasteiger partial charge in [0.1, 0.15) is 0 Å². The Bertz CT molecular complexity index is 670. The first-order valence-electron chi connectivity index (χ1n) is 6.83. The number of rotatable bonds is 2. The molecule has 0 aliphatic carbocycles. The fourth-order valence-electron chi connectivity index (χ4n) is 2.54. The van der Waals surface area contributed by atoms with E-state index in [1.165, 1.54) is 6.20 Å². The fourth-order valence-corrected chi connectivity index (χ4v) is 2.54. The van der Waals surface area contributed by atoms with Crippen LogP contribution in [0.3, 0.4) is 0 Å². The molecule has 0 unspecified atom stereocenters. The van der Waals surface area contributed by atoms with Crippen molar-refractivity contribution in [2.24, 2.45) is 0 Å². The summed E-state index contributed by atoms with van der Waals surface area (Å²) in [7, 11) is 0. The zero-order chi connectivity index (χ0) is 13.9. The molecule has 0 spiro atoms. The zero-order valence-electron chi connectivity index (χ0n) is 11.1. The predicted molar refractivity (Wildman–Crippen MR) is 77.6 cm³/mol. The van der Waals surface area contributed by atoms with Crippen LogP contribution in [-0.4, -0.2) is 28.9 Å². The summed E-state index contributed by atoms with van der Waals surface area (Å²) < 4.78 is 0. The van der Waals surface area contributed by atoms with Crippen LogP contribution in [0.1, 0.15) is 23.2 Å². The molecular weight excluding hydrogens is 252 g/mol. The maximum atomic E-state index is 12.3. The van der Waals surface area contributed by atoms with Crippen molar-refractivity contribution in [3.8, 4) is 11.1 Å². The van der Waals surface area contributed by atoms with E-state index in [2.05, 4.69) is 4.98 Å². The lowest BCUT2D eigenvalue weighted by atomic mass is 10.1. The number of hydrogen-bond donors (Lipinski definition) is 1. The van der Waals surface area contributed by atoms with E-state index in [0.29, 0.717) is 11.1 Å². The highest BCUT2D eigenvalue weighted by Gasteiger charge is 2.20. The highest BCUT2D eigenvalue weighted by atomic mass is 16.2. The van der Waals surface area contributed by atoms with Gasteiger partial charge in [0.05, 0.1) is 5.56 Å². The molecule has 4 nitrogen and oxygen atoms in total. The Morgan fingerprint density at radius 1 is 1.10 bits per heavy atom. The van der Waals surface area contributed by atoms with Crippen molar-refractivity contribution in [3.05, 3.63) is 58.5 Å². The van der Waals surface area contributed by atoms with Crippen LogP contribution >= 0.6 is 0 Å². The van der Waals surface area contributed by atoms with E-state index < -0.39 is 0 Å². The number of nitrogens with one attached hydrogen (secondary N) is 1. The number of nitrogens with zero attached hydrogens (tertiary/aromatic N) is 1. The average molecular weight is 268 g/mol. The lowest BCUT2D eigenvalue weighted by molar-refractivity contribution is 0.0792. The van der Waals surface area contributed by atoms with Crippen LogP contribution in [0, 0.1) is 0 Å². The minimum Gasteiger partial charge on any atom is -0.339 e. The maximum Gasteiger partial charge on any atom is 0.255 e. The second-order valence-corrected chi connectivity index (χ2v) is 5.00.